The molecule has 4 nitrogen and oxygen atoms in total. The van der Waals surface area contributed by atoms with Gasteiger partial charge in [-0.15, -0.1) is 5.10 Å². The topological polar surface area (TPSA) is 54.5 Å². The first-order valence-corrected chi connectivity index (χ1v) is 5.13. The zero-order valence-corrected chi connectivity index (χ0v) is 9.25. The summed E-state index contributed by atoms with van der Waals surface area (Å²) in [5.74, 6) is 0. The number of hydrogen-bond acceptors (Lipinski definition) is 3. The van der Waals surface area contributed by atoms with E-state index in [-0.39, 0.29) is 0 Å². The highest BCUT2D eigenvalue weighted by Crippen LogP contribution is 2.18. The SMILES string of the molecule is CC(C)n1cc(-c2cccc(C#N)c2)nn1. The maximum atomic E-state index is 8.81. The fourth-order valence-electron chi connectivity index (χ4n) is 1.41. The van der Waals surface area contributed by atoms with E-state index in [0.29, 0.717) is 11.6 Å². The van der Waals surface area contributed by atoms with Crippen LogP contribution in [0.2, 0.25) is 0 Å². The molecule has 0 N–H and O–H groups in total. The van der Waals surface area contributed by atoms with E-state index in [2.05, 4.69) is 16.4 Å². The van der Waals surface area contributed by atoms with E-state index in [1.54, 1.807) is 10.7 Å². The van der Waals surface area contributed by atoms with Crippen molar-refractivity contribution in [1.82, 2.24) is 15.0 Å². The first kappa shape index (κ1) is 10.4. The molecule has 1 aromatic carbocycles. The van der Waals surface area contributed by atoms with Gasteiger partial charge in [0.25, 0.3) is 0 Å². The molecule has 0 aliphatic rings. The van der Waals surface area contributed by atoms with Crippen molar-refractivity contribution in [3.05, 3.63) is 36.0 Å². The Hall–Kier alpha value is -2.15. The van der Waals surface area contributed by atoms with Gasteiger partial charge in [0.2, 0.25) is 0 Å². The molecule has 0 fully saturated rings. The summed E-state index contributed by atoms with van der Waals surface area (Å²) in [7, 11) is 0. The summed E-state index contributed by atoms with van der Waals surface area (Å²) in [6.07, 6.45) is 1.89. The monoisotopic (exact) mass is 212 g/mol. The van der Waals surface area contributed by atoms with Gasteiger partial charge >= 0.3 is 0 Å². The van der Waals surface area contributed by atoms with Gasteiger partial charge in [0.15, 0.2) is 0 Å². The second-order valence-corrected chi connectivity index (χ2v) is 3.87. The number of nitriles is 1. The molecular formula is C12H12N4. The molecule has 0 amide bonds. The van der Waals surface area contributed by atoms with Gasteiger partial charge < -0.3 is 0 Å². The number of aromatic nitrogens is 3. The van der Waals surface area contributed by atoms with Crippen LogP contribution in [0.1, 0.15) is 25.5 Å². The van der Waals surface area contributed by atoms with Crippen molar-refractivity contribution in [2.24, 2.45) is 0 Å². The fourth-order valence-corrected chi connectivity index (χ4v) is 1.41. The zero-order chi connectivity index (χ0) is 11.5. The normalized spacial score (nSPS) is 10.4. The Bertz CT molecular complexity index is 534. The minimum Gasteiger partial charge on any atom is -0.249 e. The van der Waals surface area contributed by atoms with E-state index in [1.165, 1.54) is 0 Å². The van der Waals surface area contributed by atoms with Gasteiger partial charge in [-0.25, -0.2) is 4.68 Å². The van der Waals surface area contributed by atoms with Crippen LogP contribution in [0, 0.1) is 11.3 Å². The molecular weight excluding hydrogens is 200 g/mol. The van der Waals surface area contributed by atoms with Gasteiger partial charge in [-0.3, -0.25) is 0 Å². The van der Waals surface area contributed by atoms with Crippen molar-refractivity contribution in [3.8, 4) is 17.3 Å². The van der Waals surface area contributed by atoms with Crippen molar-refractivity contribution >= 4 is 0 Å². The highest BCUT2D eigenvalue weighted by Gasteiger charge is 2.06. The second kappa shape index (κ2) is 4.15. The van der Waals surface area contributed by atoms with E-state index < -0.39 is 0 Å². The van der Waals surface area contributed by atoms with Gasteiger partial charge in [0, 0.05) is 11.6 Å². The van der Waals surface area contributed by atoms with Crippen molar-refractivity contribution in [1.29, 1.82) is 5.26 Å². The van der Waals surface area contributed by atoms with Crippen LogP contribution in [-0.4, -0.2) is 15.0 Å². The van der Waals surface area contributed by atoms with Crippen LogP contribution in [0.5, 0.6) is 0 Å². The third-order valence-electron chi connectivity index (χ3n) is 2.33. The average molecular weight is 212 g/mol. The molecule has 0 spiro atoms. The third-order valence-corrected chi connectivity index (χ3v) is 2.33. The smallest absolute Gasteiger partial charge is 0.113 e. The van der Waals surface area contributed by atoms with E-state index in [0.717, 1.165) is 11.3 Å². The Labute approximate surface area is 94.1 Å². The lowest BCUT2D eigenvalue weighted by atomic mass is 10.1. The van der Waals surface area contributed by atoms with Crippen molar-refractivity contribution in [2.75, 3.05) is 0 Å². The summed E-state index contributed by atoms with van der Waals surface area (Å²) in [5.41, 5.74) is 2.35. The lowest BCUT2D eigenvalue weighted by Gasteiger charge is -2.01. The zero-order valence-electron chi connectivity index (χ0n) is 9.25. The number of nitrogens with zero attached hydrogens (tertiary/aromatic N) is 4. The van der Waals surface area contributed by atoms with E-state index in [4.69, 9.17) is 5.26 Å². The fraction of sp³-hybridized carbons (Fsp3) is 0.250. The van der Waals surface area contributed by atoms with Crippen LogP contribution in [-0.2, 0) is 0 Å². The van der Waals surface area contributed by atoms with Gasteiger partial charge in [0.1, 0.15) is 5.69 Å². The average Bonchev–Trinajstić information content (AvgIpc) is 2.78. The van der Waals surface area contributed by atoms with Crippen LogP contribution in [0.3, 0.4) is 0 Å². The van der Waals surface area contributed by atoms with Crippen molar-refractivity contribution in [2.45, 2.75) is 19.9 Å². The molecule has 4 heteroatoms. The van der Waals surface area contributed by atoms with Crippen LogP contribution in [0.4, 0.5) is 0 Å². The molecule has 0 radical (unpaired) electrons. The predicted molar refractivity (Wildman–Crippen MR) is 60.6 cm³/mol. The Balaban J connectivity index is 2.39. The summed E-state index contributed by atoms with van der Waals surface area (Å²) in [4.78, 5) is 0. The highest BCUT2D eigenvalue weighted by atomic mass is 15.4. The molecule has 16 heavy (non-hydrogen) atoms. The lowest BCUT2D eigenvalue weighted by molar-refractivity contribution is 0.514. The Morgan fingerprint density at radius 2 is 2.19 bits per heavy atom. The first-order chi connectivity index (χ1) is 7.70. The lowest BCUT2D eigenvalue weighted by Crippen LogP contribution is -2.00. The molecule has 80 valence electrons. The molecule has 0 bridgehead atoms. The summed E-state index contributed by atoms with van der Waals surface area (Å²) < 4.78 is 1.80. The molecule has 0 unspecified atom stereocenters. The molecule has 0 atom stereocenters. The van der Waals surface area contributed by atoms with Crippen LogP contribution >= 0.6 is 0 Å². The summed E-state index contributed by atoms with van der Waals surface area (Å²) in [6, 6.07) is 9.77. The van der Waals surface area contributed by atoms with Gasteiger partial charge in [-0.2, -0.15) is 5.26 Å². The number of rotatable bonds is 2. The molecule has 2 aromatic rings. The van der Waals surface area contributed by atoms with Crippen molar-refractivity contribution < 1.29 is 0 Å². The van der Waals surface area contributed by atoms with E-state index >= 15 is 0 Å². The third kappa shape index (κ3) is 1.94. The second-order valence-electron chi connectivity index (χ2n) is 3.87. The molecule has 1 heterocycles. The number of benzene rings is 1. The van der Waals surface area contributed by atoms with Crippen molar-refractivity contribution in [3.63, 3.8) is 0 Å². The maximum Gasteiger partial charge on any atom is 0.113 e. The summed E-state index contributed by atoms with van der Waals surface area (Å²) in [6.45, 7) is 4.09. The van der Waals surface area contributed by atoms with Crippen LogP contribution < -0.4 is 0 Å². The van der Waals surface area contributed by atoms with Gasteiger partial charge in [0.05, 0.1) is 17.8 Å². The van der Waals surface area contributed by atoms with Gasteiger partial charge in [-0.05, 0) is 26.0 Å². The van der Waals surface area contributed by atoms with Crippen LogP contribution in [0.25, 0.3) is 11.3 Å². The highest BCUT2D eigenvalue weighted by molar-refractivity contribution is 5.60. The first-order valence-electron chi connectivity index (χ1n) is 5.13. The quantitative estimate of drug-likeness (QED) is 0.768. The largest absolute Gasteiger partial charge is 0.249 e. The van der Waals surface area contributed by atoms with Gasteiger partial charge in [-0.1, -0.05) is 17.3 Å². The Morgan fingerprint density at radius 1 is 1.38 bits per heavy atom. The predicted octanol–water partition coefficient (Wildman–Crippen LogP) is 2.40. The molecule has 0 saturated heterocycles. The Kier molecular flexibility index (Phi) is 2.69. The minimum atomic E-state index is 0.292. The molecule has 1 aromatic heterocycles. The molecule has 2 rings (SSSR count). The summed E-state index contributed by atoms with van der Waals surface area (Å²) in [5, 5.41) is 16.9. The summed E-state index contributed by atoms with van der Waals surface area (Å²) >= 11 is 0. The standard InChI is InChI=1S/C12H12N4/c1-9(2)16-8-12(14-15-16)11-5-3-4-10(6-11)7-13/h3-6,8-9H,1-2H3. The van der Waals surface area contributed by atoms with E-state index in [1.807, 2.05) is 38.2 Å². The molecule has 0 aliphatic carbocycles. The molecule has 0 saturated carbocycles. The number of hydrogen-bond donors (Lipinski definition) is 0. The Morgan fingerprint density at radius 3 is 2.81 bits per heavy atom. The molecule has 0 aliphatic heterocycles. The minimum absolute atomic E-state index is 0.292. The van der Waals surface area contributed by atoms with Crippen LogP contribution in [0.15, 0.2) is 30.5 Å². The maximum absolute atomic E-state index is 8.81. The van der Waals surface area contributed by atoms with E-state index in [9.17, 15) is 0 Å².